The van der Waals surface area contributed by atoms with Gasteiger partial charge in [0.2, 0.25) is 0 Å². The lowest BCUT2D eigenvalue weighted by Crippen LogP contribution is -2.34. The van der Waals surface area contributed by atoms with Gasteiger partial charge >= 0.3 is 6.03 Å². The van der Waals surface area contributed by atoms with Crippen LogP contribution in [0.5, 0.6) is 0 Å². The molecule has 1 aliphatic carbocycles. The molecule has 3 amide bonds. The number of rotatable bonds is 6. The van der Waals surface area contributed by atoms with Gasteiger partial charge in [0.05, 0.1) is 0 Å². The molecule has 0 radical (unpaired) electrons. The van der Waals surface area contributed by atoms with Gasteiger partial charge < -0.3 is 16.0 Å². The molecule has 5 nitrogen and oxygen atoms in total. The van der Waals surface area contributed by atoms with Crippen LogP contribution < -0.4 is 11.1 Å². The first kappa shape index (κ1) is 15.4. The van der Waals surface area contributed by atoms with Gasteiger partial charge in [0.25, 0.3) is 5.91 Å². The third-order valence-electron chi connectivity index (χ3n) is 3.57. The van der Waals surface area contributed by atoms with E-state index in [1.54, 1.807) is 24.3 Å². The van der Waals surface area contributed by atoms with Gasteiger partial charge in [-0.1, -0.05) is 19.9 Å². The summed E-state index contributed by atoms with van der Waals surface area (Å²) in [4.78, 5) is 25.5. The third-order valence-corrected chi connectivity index (χ3v) is 3.57. The van der Waals surface area contributed by atoms with Gasteiger partial charge in [-0.15, -0.1) is 0 Å². The first-order valence-corrected chi connectivity index (χ1v) is 7.45. The van der Waals surface area contributed by atoms with Crippen molar-refractivity contribution < 1.29 is 9.59 Å². The van der Waals surface area contributed by atoms with E-state index in [1.807, 2.05) is 4.90 Å². The number of carbonyl (C=O) groups excluding carboxylic acids is 2. The van der Waals surface area contributed by atoms with Crippen LogP contribution in [0.1, 0.15) is 43.5 Å². The van der Waals surface area contributed by atoms with Crippen LogP contribution in [-0.4, -0.2) is 29.4 Å². The fourth-order valence-corrected chi connectivity index (χ4v) is 2.27. The van der Waals surface area contributed by atoms with Crippen LogP contribution >= 0.6 is 0 Å². The van der Waals surface area contributed by atoms with Crippen LogP contribution in [0.15, 0.2) is 24.3 Å². The maximum absolute atomic E-state index is 12.7. The Morgan fingerprint density at radius 2 is 2.10 bits per heavy atom. The first-order chi connectivity index (χ1) is 9.97. The standard InChI is InChI=1S/C16H23N3O2/c1-11(2)8-9-19(14-6-7-14)15(20)12-4-3-5-13(10-12)18-16(17)21/h3-5,10-11,14H,6-9H2,1-2H3,(H3,17,18,21). The lowest BCUT2D eigenvalue weighted by molar-refractivity contribution is 0.0735. The molecule has 0 atom stereocenters. The van der Waals surface area contributed by atoms with E-state index in [1.165, 1.54) is 0 Å². The molecule has 1 aliphatic rings. The average molecular weight is 289 g/mol. The topological polar surface area (TPSA) is 75.4 Å². The summed E-state index contributed by atoms with van der Waals surface area (Å²) in [6.07, 6.45) is 3.17. The predicted octanol–water partition coefficient (Wildman–Crippen LogP) is 2.83. The molecule has 0 bridgehead atoms. The Morgan fingerprint density at radius 1 is 1.38 bits per heavy atom. The van der Waals surface area contributed by atoms with Gasteiger partial charge in [-0.3, -0.25) is 4.79 Å². The Hall–Kier alpha value is -2.04. The van der Waals surface area contributed by atoms with Crippen LogP contribution in [0.2, 0.25) is 0 Å². The summed E-state index contributed by atoms with van der Waals surface area (Å²) in [5.41, 5.74) is 6.25. The van der Waals surface area contributed by atoms with Gasteiger partial charge in [-0.25, -0.2) is 4.79 Å². The summed E-state index contributed by atoms with van der Waals surface area (Å²) in [6, 6.07) is 6.68. The van der Waals surface area contributed by atoms with Crippen LogP contribution in [0, 0.1) is 5.92 Å². The van der Waals surface area contributed by atoms with E-state index in [4.69, 9.17) is 5.73 Å². The van der Waals surface area contributed by atoms with Crippen LogP contribution in [-0.2, 0) is 0 Å². The lowest BCUT2D eigenvalue weighted by atomic mass is 10.1. The van der Waals surface area contributed by atoms with Crippen molar-refractivity contribution in [2.75, 3.05) is 11.9 Å². The van der Waals surface area contributed by atoms with Crippen molar-refractivity contribution >= 4 is 17.6 Å². The summed E-state index contributed by atoms with van der Waals surface area (Å²) >= 11 is 0. The zero-order chi connectivity index (χ0) is 15.4. The highest BCUT2D eigenvalue weighted by molar-refractivity contribution is 5.97. The van der Waals surface area contributed by atoms with E-state index < -0.39 is 6.03 Å². The third kappa shape index (κ3) is 4.48. The van der Waals surface area contributed by atoms with E-state index in [9.17, 15) is 9.59 Å². The second-order valence-corrected chi connectivity index (χ2v) is 5.98. The largest absolute Gasteiger partial charge is 0.351 e. The zero-order valence-corrected chi connectivity index (χ0v) is 12.6. The van der Waals surface area contributed by atoms with Gasteiger partial charge in [-0.05, 0) is 43.4 Å². The summed E-state index contributed by atoms with van der Waals surface area (Å²) < 4.78 is 0. The van der Waals surface area contributed by atoms with Gasteiger partial charge in [0.15, 0.2) is 0 Å². The van der Waals surface area contributed by atoms with Crippen LogP contribution in [0.25, 0.3) is 0 Å². The normalized spacial score (nSPS) is 14.0. The molecule has 1 fully saturated rings. The molecule has 1 aromatic carbocycles. The number of carbonyl (C=O) groups is 2. The van der Waals surface area contributed by atoms with Crippen LogP contribution in [0.3, 0.4) is 0 Å². The highest BCUT2D eigenvalue weighted by Crippen LogP contribution is 2.29. The Balaban J connectivity index is 2.10. The molecule has 0 unspecified atom stereocenters. The minimum absolute atomic E-state index is 0.0336. The van der Waals surface area contributed by atoms with Crippen molar-refractivity contribution in [3.8, 4) is 0 Å². The van der Waals surface area contributed by atoms with Crippen molar-refractivity contribution in [2.45, 2.75) is 39.2 Å². The van der Waals surface area contributed by atoms with E-state index in [2.05, 4.69) is 19.2 Å². The number of primary amides is 1. The molecule has 0 heterocycles. The van der Waals surface area contributed by atoms with Crippen LogP contribution in [0.4, 0.5) is 10.5 Å². The molecule has 0 saturated heterocycles. The molecule has 0 spiro atoms. The number of amides is 3. The molecule has 0 aromatic heterocycles. The number of nitrogens with zero attached hydrogens (tertiary/aromatic N) is 1. The summed E-state index contributed by atoms with van der Waals surface area (Å²) in [5, 5.41) is 2.50. The maximum Gasteiger partial charge on any atom is 0.316 e. The summed E-state index contributed by atoms with van der Waals surface area (Å²) in [7, 11) is 0. The number of hydrogen-bond acceptors (Lipinski definition) is 2. The van der Waals surface area contributed by atoms with Crippen molar-refractivity contribution in [1.29, 1.82) is 0 Å². The fraction of sp³-hybridized carbons (Fsp3) is 0.500. The lowest BCUT2D eigenvalue weighted by Gasteiger charge is -2.23. The first-order valence-electron chi connectivity index (χ1n) is 7.45. The molecular formula is C16H23N3O2. The summed E-state index contributed by atoms with van der Waals surface area (Å²) in [5.74, 6) is 0.605. The predicted molar refractivity (Wildman–Crippen MR) is 83.2 cm³/mol. The zero-order valence-electron chi connectivity index (χ0n) is 12.6. The second-order valence-electron chi connectivity index (χ2n) is 5.98. The smallest absolute Gasteiger partial charge is 0.316 e. The molecule has 2 rings (SSSR count). The number of nitrogens with one attached hydrogen (secondary N) is 1. The monoisotopic (exact) mass is 289 g/mol. The minimum Gasteiger partial charge on any atom is -0.351 e. The molecule has 1 saturated carbocycles. The highest BCUT2D eigenvalue weighted by Gasteiger charge is 2.32. The fourth-order valence-electron chi connectivity index (χ4n) is 2.27. The Kier molecular flexibility index (Phi) is 4.83. The summed E-state index contributed by atoms with van der Waals surface area (Å²) in [6.45, 7) is 5.11. The number of anilines is 1. The molecule has 0 aliphatic heterocycles. The van der Waals surface area contributed by atoms with Crippen molar-refractivity contribution in [2.24, 2.45) is 11.7 Å². The van der Waals surface area contributed by atoms with Crippen molar-refractivity contribution in [3.63, 3.8) is 0 Å². The Morgan fingerprint density at radius 3 is 2.67 bits per heavy atom. The van der Waals surface area contributed by atoms with Gasteiger partial charge in [0, 0.05) is 23.8 Å². The number of nitrogens with two attached hydrogens (primary N) is 1. The second kappa shape index (κ2) is 6.61. The molecule has 114 valence electrons. The Labute approximate surface area is 125 Å². The SMILES string of the molecule is CC(C)CCN(C(=O)c1cccc(NC(N)=O)c1)C1CC1. The average Bonchev–Trinajstić information content (AvgIpc) is 3.22. The van der Waals surface area contributed by atoms with E-state index in [-0.39, 0.29) is 5.91 Å². The number of benzene rings is 1. The van der Waals surface area contributed by atoms with E-state index in [0.717, 1.165) is 25.8 Å². The van der Waals surface area contributed by atoms with E-state index in [0.29, 0.717) is 23.2 Å². The van der Waals surface area contributed by atoms with Crippen molar-refractivity contribution in [3.05, 3.63) is 29.8 Å². The Bertz CT molecular complexity index is 524. The highest BCUT2D eigenvalue weighted by atomic mass is 16.2. The molecule has 21 heavy (non-hydrogen) atoms. The number of hydrogen-bond donors (Lipinski definition) is 2. The van der Waals surface area contributed by atoms with Crippen molar-refractivity contribution in [1.82, 2.24) is 4.90 Å². The van der Waals surface area contributed by atoms with Gasteiger partial charge in [0.1, 0.15) is 0 Å². The quantitative estimate of drug-likeness (QED) is 0.845. The molecule has 1 aromatic rings. The van der Waals surface area contributed by atoms with E-state index >= 15 is 0 Å². The maximum atomic E-state index is 12.7. The minimum atomic E-state index is -0.626. The molecular weight excluding hydrogens is 266 g/mol. The number of urea groups is 1. The van der Waals surface area contributed by atoms with Gasteiger partial charge in [-0.2, -0.15) is 0 Å². The molecule has 3 N–H and O–H groups in total. The molecule has 5 heteroatoms.